The molecule has 4 nitrogen and oxygen atoms in total. The van der Waals surface area contributed by atoms with Crippen LogP contribution in [0.4, 0.5) is 0 Å². The number of pyridine rings is 1. The average molecular weight is 388 g/mol. The van der Waals surface area contributed by atoms with E-state index < -0.39 is 0 Å². The second-order valence-electron chi connectivity index (χ2n) is 9.26. The molecule has 0 saturated carbocycles. The van der Waals surface area contributed by atoms with Crippen LogP contribution in [-0.2, 0) is 22.2 Å². The lowest BCUT2D eigenvalue weighted by molar-refractivity contribution is 0.126. The van der Waals surface area contributed by atoms with Crippen LogP contribution in [0.15, 0.2) is 23.2 Å². The van der Waals surface area contributed by atoms with Gasteiger partial charge in [-0.2, -0.15) is 0 Å². The van der Waals surface area contributed by atoms with Crippen LogP contribution in [0.1, 0.15) is 74.9 Å². The average Bonchev–Trinajstić information content (AvgIpc) is 2.94. The van der Waals surface area contributed by atoms with Crippen LogP contribution >= 0.6 is 11.8 Å². The zero-order valence-corrected chi connectivity index (χ0v) is 18.0. The van der Waals surface area contributed by atoms with Crippen molar-refractivity contribution in [1.82, 2.24) is 4.98 Å². The molecule has 2 N–H and O–H groups in total. The minimum Gasteiger partial charge on any atom is -0.507 e. The van der Waals surface area contributed by atoms with Gasteiger partial charge in [0.15, 0.2) is 0 Å². The highest BCUT2D eigenvalue weighted by Crippen LogP contribution is 2.49. The molecule has 2 heterocycles. The third kappa shape index (κ3) is 3.81. The summed E-state index contributed by atoms with van der Waals surface area (Å²) in [5, 5.41) is 21.4. The van der Waals surface area contributed by atoms with E-state index in [2.05, 4.69) is 46.5 Å². The van der Waals surface area contributed by atoms with E-state index in [-0.39, 0.29) is 22.0 Å². The molecule has 1 aliphatic heterocycles. The van der Waals surface area contributed by atoms with Gasteiger partial charge in [0.2, 0.25) is 0 Å². The molecular formula is C22H29NO3S. The number of fused-ring (bicyclic) bond motifs is 1. The predicted octanol–water partition coefficient (Wildman–Crippen LogP) is 5.72. The third-order valence-electron chi connectivity index (χ3n) is 4.93. The zero-order chi connectivity index (χ0) is 20.1. The summed E-state index contributed by atoms with van der Waals surface area (Å²) in [5.41, 5.74) is 3.55. The van der Waals surface area contributed by atoms with Crippen LogP contribution in [0, 0.1) is 6.92 Å². The first-order valence-electron chi connectivity index (χ1n) is 9.23. The second kappa shape index (κ2) is 6.71. The van der Waals surface area contributed by atoms with Gasteiger partial charge in [-0.25, -0.2) is 0 Å². The van der Waals surface area contributed by atoms with E-state index in [1.54, 1.807) is 24.9 Å². The Balaban J connectivity index is 2.06. The zero-order valence-electron chi connectivity index (χ0n) is 17.2. The summed E-state index contributed by atoms with van der Waals surface area (Å²) in [6.07, 6.45) is 1.78. The third-order valence-corrected chi connectivity index (χ3v) is 6.02. The standard InChI is InChI=1S/C22H29NO3S/c1-12-18(24)17-13(10-23-12)11-26-20(17)27-14-8-15(21(2,3)4)19(25)16(9-14)22(5,6)7/h8-10,20,24-25H,11H2,1-7H3/t20-/m1/s1. The Labute approximate surface area is 166 Å². The van der Waals surface area contributed by atoms with Gasteiger partial charge < -0.3 is 14.9 Å². The maximum atomic E-state index is 10.9. The maximum absolute atomic E-state index is 10.9. The molecule has 0 fully saturated rings. The molecule has 5 heteroatoms. The van der Waals surface area contributed by atoms with Crippen molar-refractivity contribution in [3.8, 4) is 11.5 Å². The number of hydrogen-bond donors (Lipinski definition) is 2. The number of phenolic OH excluding ortho intramolecular Hbond substituents is 1. The van der Waals surface area contributed by atoms with Crippen molar-refractivity contribution in [1.29, 1.82) is 0 Å². The van der Waals surface area contributed by atoms with Gasteiger partial charge in [-0.05, 0) is 29.9 Å². The quantitative estimate of drug-likeness (QED) is 0.690. The van der Waals surface area contributed by atoms with Crippen molar-refractivity contribution in [2.75, 3.05) is 0 Å². The normalized spacial score (nSPS) is 17.2. The van der Waals surface area contributed by atoms with Crippen molar-refractivity contribution in [3.05, 3.63) is 46.3 Å². The Hall–Kier alpha value is -1.72. The Kier molecular flexibility index (Phi) is 4.98. The highest BCUT2D eigenvalue weighted by Gasteiger charge is 2.31. The van der Waals surface area contributed by atoms with Gasteiger partial charge in [0, 0.05) is 33.3 Å². The Morgan fingerprint density at radius 3 is 2.07 bits per heavy atom. The van der Waals surface area contributed by atoms with E-state index in [1.807, 2.05) is 12.1 Å². The number of rotatable bonds is 2. The van der Waals surface area contributed by atoms with Gasteiger partial charge in [0.25, 0.3) is 0 Å². The molecule has 1 aliphatic rings. The topological polar surface area (TPSA) is 62.6 Å². The SMILES string of the molecule is Cc1ncc2c(c1O)[C@@H](Sc1cc(C(C)(C)C)c(O)c(C(C)(C)C)c1)OC2. The van der Waals surface area contributed by atoms with E-state index in [9.17, 15) is 10.2 Å². The lowest BCUT2D eigenvalue weighted by atomic mass is 9.79. The molecule has 0 radical (unpaired) electrons. The molecule has 0 aliphatic carbocycles. The number of phenols is 1. The molecule has 146 valence electrons. The van der Waals surface area contributed by atoms with Crippen LogP contribution in [-0.4, -0.2) is 15.2 Å². The van der Waals surface area contributed by atoms with Gasteiger partial charge in [0.1, 0.15) is 16.9 Å². The predicted molar refractivity (Wildman–Crippen MR) is 110 cm³/mol. The summed E-state index contributed by atoms with van der Waals surface area (Å²) in [7, 11) is 0. The van der Waals surface area contributed by atoms with Crippen molar-refractivity contribution in [2.24, 2.45) is 0 Å². The number of benzene rings is 1. The maximum Gasteiger partial charge on any atom is 0.143 e. The number of aromatic nitrogens is 1. The van der Waals surface area contributed by atoms with E-state index in [0.29, 0.717) is 18.1 Å². The lowest BCUT2D eigenvalue weighted by Gasteiger charge is -2.28. The molecule has 0 bridgehead atoms. The smallest absolute Gasteiger partial charge is 0.143 e. The van der Waals surface area contributed by atoms with Gasteiger partial charge in [-0.15, -0.1) is 0 Å². The Morgan fingerprint density at radius 2 is 1.56 bits per heavy atom. The molecule has 0 saturated heterocycles. The van der Waals surface area contributed by atoms with Crippen molar-refractivity contribution in [2.45, 2.75) is 76.2 Å². The Bertz CT molecular complexity index is 843. The first-order chi connectivity index (χ1) is 12.4. The highest BCUT2D eigenvalue weighted by atomic mass is 32.2. The summed E-state index contributed by atoms with van der Waals surface area (Å²) < 4.78 is 5.94. The van der Waals surface area contributed by atoms with Crippen LogP contribution < -0.4 is 0 Å². The monoisotopic (exact) mass is 387 g/mol. The number of nitrogens with zero attached hydrogens (tertiary/aromatic N) is 1. The summed E-state index contributed by atoms with van der Waals surface area (Å²) in [6.45, 7) is 14.9. The molecule has 1 aromatic carbocycles. The molecule has 3 rings (SSSR count). The number of aryl methyl sites for hydroxylation is 1. The van der Waals surface area contributed by atoms with Crippen molar-refractivity contribution in [3.63, 3.8) is 0 Å². The summed E-state index contributed by atoms with van der Waals surface area (Å²) >= 11 is 1.56. The van der Waals surface area contributed by atoms with Crippen LogP contribution in [0.2, 0.25) is 0 Å². The number of hydrogen-bond acceptors (Lipinski definition) is 5. The molecule has 27 heavy (non-hydrogen) atoms. The van der Waals surface area contributed by atoms with E-state index in [0.717, 1.165) is 27.1 Å². The van der Waals surface area contributed by atoms with Crippen molar-refractivity contribution >= 4 is 11.8 Å². The largest absolute Gasteiger partial charge is 0.507 e. The van der Waals surface area contributed by atoms with Gasteiger partial charge in [-0.1, -0.05) is 53.3 Å². The molecule has 0 amide bonds. The lowest BCUT2D eigenvalue weighted by Crippen LogP contribution is -2.17. The summed E-state index contributed by atoms with van der Waals surface area (Å²) in [4.78, 5) is 5.25. The fraction of sp³-hybridized carbons (Fsp3) is 0.500. The van der Waals surface area contributed by atoms with E-state index in [1.165, 1.54) is 0 Å². The minimum atomic E-state index is -0.285. The van der Waals surface area contributed by atoms with Crippen LogP contribution in [0.25, 0.3) is 0 Å². The first kappa shape index (κ1) is 20.0. The molecule has 0 unspecified atom stereocenters. The van der Waals surface area contributed by atoms with Crippen LogP contribution in [0.3, 0.4) is 0 Å². The summed E-state index contributed by atoms with van der Waals surface area (Å²) in [5.74, 6) is 0.586. The molecule has 0 spiro atoms. The molecule has 1 atom stereocenters. The molecule has 1 aromatic heterocycles. The fourth-order valence-electron chi connectivity index (χ4n) is 3.32. The van der Waals surface area contributed by atoms with Crippen molar-refractivity contribution < 1.29 is 14.9 Å². The number of thioether (sulfide) groups is 1. The minimum absolute atomic E-state index is 0.183. The van der Waals surface area contributed by atoms with E-state index >= 15 is 0 Å². The van der Waals surface area contributed by atoms with Gasteiger partial charge in [0.05, 0.1) is 12.3 Å². The molecule has 2 aromatic rings. The fourth-order valence-corrected chi connectivity index (χ4v) is 4.45. The van der Waals surface area contributed by atoms with Gasteiger partial charge >= 0.3 is 0 Å². The van der Waals surface area contributed by atoms with E-state index in [4.69, 9.17) is 4.74 Å². The number of ether oxygens (including phenoxy) is 1. The Morgan fingerprint density at radius 1 is 1.00 bits per heavy atom. The second-order valence-corrected chi connectivity index (χ2v) is 10.4. The highest BCUT2D eigenvalue weighted by molar-refractivity contribution is 7.99. The van der Waals surface area contributed by atoms with Crippen LogP contribution in [0.5, 0.6) is 11.5 Å². The first-order valence-corrected chi connectivity index (χ1v) is 10.1. The molecular weight excluding hydrogens is 358 g/mol. The van der Waals surface area contributed by atoms with Gasteiger partial charge in [-0.3, -0.25) is 4.98 Å². The summed E-state index contributed by atoms with van der Waals surface area (Å²) in [6, 6.07) is 4.09. The number of aromatic hydroxyl groups is 2.